The fraction of sp³-hybridized carbons (Fsp3) is 0.350. The summed E-state index contributed by atoms with van der Waals surface area (Å²) in [6.45, 7) is 0.115. The summed E-state index contributed by atoms with van der Waals surface area (Å²) in [5.74, 6) is -1.95. The number of pyridine rings is 1. The summed E-state index contributed by atoms with van der Waals surface area (Å²) in [4.78, 5) is 18.3. The van der Waals surface area contributed by atoms with Crippen LogP contribution in [0.15, 0.2) is 48.8 Å². The van der Waals surface area contributed by atoms with Crippen LogP contribution in [0.4, 0.5) is 13.2 Å². The van der Waals surface area contributed by atoms with Gasteiger partial charge in [0.25, 0.3) is 0 Å². The number of alkyl halides is 3. The number of carbonyl (C=O) groups excluding carboxylic acids is 1. The van der Waals surface area contributed by atoms with Crippen LogP contribution in [0.3, 0.4) is 0 Å². The van der Waals surface area contributed by atoms with E-state index >= 15 is 0 Å². The van der Waals surface area contributed by atoms with Crippen molar-refractivity contribution in [2.75, 3.05) is 6.54 Å². The highest BCUT2D eigenvalue weighted by Gasteiger charge is 2.52. The van der Waals surface area contributed by atoms with E-state index in [-0.39, 0.29) is 31.7 Å². The van der Waals surface area contributed by atoms with Crippen molar-refractivity contribution in [1.29, 1.82) is 5.26 Å². The largest absolute Gasteiger partial charge is 0.480 e. The maximum Gasteiger partial charge on any atom is 0.426 e. The van der Waals surface area contributed by atoms with Crippen LogP contribution in [0, 0.1) is 17.2 Å². The lowest BCUT2D eigenvalue weighted by Crippen LogP contribution is -2.51. The lowest BCUT2D eigenvalue weighted by Gasteiger charge is -2.36. The van der Waals surface area contributed by atoms with E-state index < -0.39 is 24.1 Å². The van der Waals surface area contributed by atoms with Crippen molar-refractivity contribution < 1.29 is 22.7 Å². The number of para-hydroxylation sites is 1. The van der Waals surface area contributed by atoms with Crippen LogP contribution < -0.4 is 4.74 Å². The number of halogens is 3. The second-order valence-electron chi connectivity index (χ2n) is 6.53. The number of rotatable bonds is 5. The zero-order valence-electron chi connectivity index (χ0n) is 14.9. The van der Waals surface area contributed by atoms with Crippen molar-refractivity contribution in [3.05, 3.63) is 59.9 Å². The molecule has 0 radical (unpaired) electrons. The molecule has 0 saturated carbocycles. The number of nitriles is 1. The average Bonchev–Trinajstić information content (AvgIpc) is 2.69. The first kappa shape index (κ1) is 19.7. The molecule has 0 aliphatic carbocycles. The summed E-state index contributed by atoms with van der Waals surface area (Å²) >= 11 is 0. The average molecular weight is 389 g/mol. The number of amides is 1. The van der Waals surface area contributed by atoms with Crippen molar-refractivity contribution >= 4 is 5.91 Å². The molecule has 28 heavy (non-hydrogen) atoms. The van der Waals surface area contributed by atoms with E-state index in [0.29, 0.717) is 11.1 Å². The molecule has 0 fully saturated rings. The highest BCUT2D eigenvalue weighted by Crippen LogP contribution is 2.39. The van der Waals surface area contributed by atoms with Crippen LogP contribution in [0.2, 0.25) is 0 Å². The molecule has 146 valence electrons. The summed E-state index contributed by atoms with van der Waals surface area (Å²) in [6, 6.07) is 11.8. The standard InChI is InChI=1S/C20H18F3N3O2/c21-20(22,23)18-16(11-15-6-1-2-7-17(15)28-18)19(27)26(10-4-8-24)13-14-5-3-9-25-12-14/h1-3,5-7,9,12,16,18H,4,10-11,13H2/t16-,18-/m1/s1. The number of ether oxygens (including phenoxy) is 1. The molecule has 0 N–H and O–H groups in total. The van der Waals surface area contributed by atoms with Gasteiger partial charge in [0, 0.05) is 25.5 Å². The summed E-state index contributed by atoms with van der Waals surface area (Å²) in [5, 5.41) is 8.88. The quantitative estimate of drug-likeness (QED) is 0.785. The zero-order chi connectivity index (χ0) is 20.1. The Hall–Kier alpha value is -3.08. The van der Waals surface area contributed by atoms with E-state index in [1.54, 1.807) is 42.7 Å². The molecule has 2 atom stereocenters. The number of hydrogen-bond donors (Lipinski definition) is 0. The Labute approximate surface area is 160 Å². The molecule has 1 aromatic heterocycles. The van der Waals surface area contributed by atoms with Gasteiger partial charge in [0.05, 0.1) is 18.4 Å². The molecular formula is C20H18F3N3O2. The van der Waals surface area contributed by atoms with Crippen LogP contribution in [0.5, 0.6) is 5.75 Å². The van der Waals surface area contributed by atoms with Gasteiger partial charge in [0.2, 0.25) is 12.0 Å². The lowest BCUT2D eigenvalue weighted by molar-refractivity contribution is -0.216. The van der Waals surface area contributed by atoms with E-state index in [4.69, 9.17) is 10.00 Å². The number of nitrogens with zero attached hydrogens (tertiary/aromatic N) is 3. The van der Waals surface area contributed by atoms with Crippen LogP contribution in [-0.4, -0.2) is 34.6 Å². The highest BCUT2D eigenvalue weighted by molar-refractivity contribution is 5.80. The monoisotopic (exact) mass is 389 g/mol. The molecule has 3 rings (SSSR count). The van der Waals surface area contributed by atoms with Crippen molar-refractivity contribution in [2.45, 2.75) is 31.7 Å². The Morgan fingerprint density at radius 3 is 2.75 bits per heavy atom. The molecule has 5 nitrogen and oxygen atoms in total. The van der Waals surface area contributed by atoms with Crippen molar-refractivity contribution in [2.24, 2.45) is 5.92 Å². The van der Waals surface area contributed by atoms with Gasteiger partial charge >= 0.3 is 6.18 Å². The summed E-state index contributed by atoms with van der Waals surface area (Å²) < 4.78 is 46.1. The van der Waals surface area contributed by atoms with Gasteiger partial charge in [-0.05, 0) is 29.7 Å². The Kier molecular flexibility index (Phi) is 5.83. The fourth-order valence-electron chi connectivity index (χ4n) is 3.26. The van der Waals surface area contributed by atoms with Crippen molar-refractivity contribution in [1.82, 2.24) is 9.88 Å². The molecule has 2 aromatic rings. The molecule has 0 bridgehead atoms. The first-order valence-corrected chi connectivity index (χ1v) is 8.76. The minimum atomic E-state index is -4.69. The third-order valence-corrected chi connectivity index (χ3v) is 4.57. The van der Waals surface area contributed by atoms with Gasteiger partial charge in [-0.2, -0.15) is 18.4 Å². The van der Waals surface area contributed by atoms with E-state index in [1.807, 2.05) is 6.07 Å². The predicted octanol–water partition coefficient (Wildman–Crippen LogP) is 3.51. The molecule has 1 aliphatic rings. The number of aromatic nitrogens is 1. The fourth-order valence-corrected chi connectivity index (χ4v) is 3.26. The van der Waals surface area contributed by atoms with Gasteiger partial charge in [0.1, 0.15) is 5.75 Å². The molecule has 1 aromatic carbocycles. The highest BCUT2D eigenvalue weighted by atomic mass is 19.4. The Bertz CT molecular complexity index is 865. The third-order valence-electron chi connectivity index (χ3n) is 4.57. The number of benzene rings is 1. The maximum absolute atomic E-state index is 13.6. The second kappa shape index (κ2) is 8.30. The van der Waals surface area contributed by atoms with E-state index in [9.17, 15) is 18.0 Å². The van der Waals surface area contributed by atoms with E-state index in [0.717, 1.165) is 0 Å². The molecule has 1 amide bonds. The molecular weight excluding hydrogens is 371 g/mol. The molecule has 8 heteroatoms. The maximum atomic E-state index is 13.6. The Balaban J connectivity index is 1.89. The van der Waals surface area contributed by atoms with Crippen molar-refractivity contribution in [3.63, 3.8) is 0 Å². The van der Waals surface area contributed by atoms with Gasteiger partial charge in [-0.3, -0.25) is 9.78 Å². The minimum absolute atomic E-state index is 0.0207. The van der Waals surface area contributed by atoms with E-state index in [2.05, 4.69) is 4.98 Å². The smallest absolute Gasteiger partial charge is 0.426 e. The van der Waals surface area contributed by atoms with Gasteiger partial charge in [-0.15, -0.1) is 0 Å². The SMILES string of the molecule is N#CCCN(Cc1cccnc1)C(=O)[C@@H]1Cc2ccccc2O[C@H]1C(F)(F)F. The van der Waals surface area contributed by atoms with Gasteiger partial charge < -0.3 is 9.64 Å². The van der Waals surface area contributed by atoms with Crippen LogP contribution in [0.25, 0.3) is 0 Å². The van der Waals surface area contributed by atoms with Gasteiger partial charge in [-0.25, -0.2) is 0 Å². The minimum Gasteiger partial charge on any atom is -0.480 e. The van der Waals surface area contributed by atoms with Crippen LogP contribution in [-0.2, 0) is 17.8 Å². The number of carbonyl (C=O) groups is 1. The van der Waals surface area contributed by atoms with Crippen LogP contribution in [0.1, 0.15) is 17.5 Å². The lowest BCUT2D eigenvalue weighted by atomic mass is 9.88. The predicted molar refractivity (Wildman–Crippen MR) is 94.0 cm³/mol. The molecule has 0 saturated heterocycles. The zero-order valence-corrected chi connectivity index (χ0v) is 14.9. The molecule has 1 aliphatic heterocycles. The third kappa shape index (κ3) is 4.42. The number of hydrogen-bond acceptors (Lipinski definition) is 4. The van der Waals surface area contributed by atoms with Gasteiger partial charge in [-0.1, -0.05) is 24.3 Å². The topological polar surface area (TPSA) is 66.2 Å². The molecule has 2 heterocycles. The first-order valence-electron chi connectivity index (χ1n) is 8.76. The molecule has 0 spiro atoms. The van der Waals surface area contributed by atoms with E-state index in [1.165, 1.54) is 11.0 Å². The Morgan fingerprint density at radius 1 is 1.29 bits per heavy atom. The van der Waals surface area contributed by atoms with Crippen LogP contribution >= 0.6 is 0 Å². The van der Waals surface area contributed by atoms with Crippen molar-refractivity contribution in [3.8, 4) is 11.8 Å². The normalized spacial score (nSPS) is 18.5. The summed E-state index contributed by atoms with van der Waals surface area (Å²) in [7, 11) is 0. The summed E-state index contributed by atoms with van der Waals surface area (Å²) in [5.41, 5.74) is 1.23. The second-order valence-corrected chi connectivity index (χ2v) is 6.53. The first-order chi connectivity index (χ1) is 13.4. The van der Waals surface area contributed by atoms with Gasteiger partial charge in [0.15, 0.2) is 0 Å². The number of fused-ring (bicyclic) bond motifs is 1. The molecule has 0 unspecified atom stereocenters. The summed E-state index contributed by atoms with van der Waals surface area (Å²) in [6.07, 6.45) is -3.86. The Morgan fingerprint density at radius 2 is 2.07 bits per heavy atom.